The van der Waals surface area contributed by atoms with Crippen LogP contribution in [0.1, 0.15) is 20.3 Å². The van der Waals surface area contributed by atoms with Crippen molar-refractivity contribution in [2.45, 2.75) is 25.2 Å². The SMILES string of the molecule is CN=C(NCCS(=O)c1ccccc1)N1CC(C)CC(C)C1.I. The lowest BCUT2D eigenvalue weighted by molar-refractivity contribution is 0.209. The summed E-state index contributed by atoms with van der Waals surface area (Å²) >= 11 is 0. The largest absolute Gasteiger partial charge is 0.355 e. The third-order valence-corrected chi connectivity index (χ3v) is 5.33. The number of nitrogens with one attached hydrogen (secondary N) is 1. The molecule has 1 N–H and O–H groups in total. The van der Waals surface area contributed by atoms with Crippen LogP contribution in [0.2, 0.25) is 0 Å². The maximum Gasteiger partial charge on any atom is 0.193 e. The van der Waals surface area contributed by atoms with Gasteiger partial charge in [0, 0.05) is 37.3 Å². The van der Waals surface area contributed by atoms with E-state index in [4.69, 9.17) is 0 Å². The van der Waals surface area contributed by atoms with E-state index < -0.39 is 10.8 Å². The van der Waals surface area contributed by atoms with E-state index in [0.29, 0.717) is 24.1 Å². The molecule has 1 fully saturated rings. The summed E-state index contributed by atoms with van der Waals surface area (Å²) in [5.41, 5.74) is 0. The van der Waals surface area contributed by atoms with Gasteiger partial charge < -0.3 is 10.2 Å². The molecule has 130 valence electrons. The molecule has 0 spiro atoms. The maximum atomic E-state index is 12.2. The lowest BCUT2D eigenvalue weighted by Gasteiger charge is -2.37. The predicted octanol–water partition coefficient (Wildman–Crippen LogP) is 2.97. The van der Waals surface area contributed by atoms with E-state index in [9.17, 15) is 4.21 Å². The standard InChI is InChI=1S/C17H27N3OS.HI/c1-14-11-15(2)13-20(12-14)17(18-3)19-9-10-22(21)16-7-5-4-6-8-16;/h4-8,14-15H,9-13H2,1-3H3,(H,18,19);1H. The first-order valence-corrected chi connectivity index (χ1v) is 9.31. The van der Waals surface area contributed by atoms with Crippen molar-refractivity contribution in [2.75, 3.05) is 32.4 Å². The first kappa shape index (κ1) is 20.4. The third kappa shape index (κ3) is 6.41. The molecule has 3 atom stereocenters. The molecule has 1 aromatic carbocycles. The minimum atomic E-state index is -0.957. The summed E-state index contributed by atoms with van der Waals surface area (Å²) in [6, 6.07) is 9.63. The summed E-state index contributed by atoms with van der Waals surface area (Å²) in [6.07, 6.45) is 1.28. The smallest absolute Gasteiger partial charge is 0.193 e. The summed E-state index contributed by atoms with van der Waals surface area (Å²) in [5, 5.41) is 3.36. The average molecular weight is 449 g/mol. The Morgan fingerprint density at radius 2 is 1.87 bits per heavy atom. The van der Waals surface area contributed by atoms with Gasteiger partial charge in [0.05, 0.1) is 10.8 Å². The second kappa shape index (κ2) is 10.3. The molecule has 0 amide bonds. The molecule has 1 aromatic rings. The van der Waals surface area contributed by atoms with Crippen LogP contribution in [0.4, 0.5) is 0 Å². The number of hydrogen-bond donors (Lipinski definition) is 1. The molecule has 0 aromatic heterocycles. The molecule has 6 heteroatoms. The van der Waals surface area contributed by atoms with Crippen molar-refractivity contribution in [3.8, 4) is 0 Å². The zero-order chi connectivity index (χ0) is 15.9. The van der Waals surface area contributed by atoms with Crippen LogP contribution in [0.15, 0.2) is 40.2 Å². The van der Waals surface area contributed by atoms with Crippen molar-refractivity contribution in [1.29, 1.82) is 0 Å². The lowest BCUT2D eigenvalue weighted by atomic mass is 9.92. The van der Waals surface area contributed by atoms with Crippen LogP contribution in [0.5, 0.6) is 0 Å². The molecule has 23 heavy (non-hydrogen) atoms. The van der Waals surface area contributed by atoms with Gasteiger partial charge in [-0.1, -0.05) is 32.0 Å². The molecule has 0 radical (unpaired) electrons. The van der Waals surface area contributed by atoms with Crippen molar-refractivity contribution in [3.05, 3.63) is 30.3 Å². The van der Waals surface area contributed by atoms with Gasteiger partial charge in [0.15, 0.2) is 5.96 Å². The minimum absolute atomic E-state index is 0. The zero-order valence-electron chi connectivity index (χ0n) is 14.2. The summed E-state index contributed by atoms with van der Waals surface area (Å²) in [7, 11) is 0.863. The van der Waals surface area contributed by atoms with Crippen LogP contribution < -0.4 is 5.32 Å². The quantitative estimate of drug-likeness (QED) is 0.437. The highest BCUT2D eigenvalue weighted by Crippen LogP contribution is 2.20. The van der Waals surface area contributed by atoms with Crippen LogP contribution in [-0.2, 0) is 10.8 Å². The average Bonchev–Trinajstić information content (AvgIpc) is 2.51. The zero-order valence-corrected chi connectivity index (χ0v) is 17.3. The number of hydrogen-bond acceptors (Lipinski definition) is 2. The molecule has 2 rings (SSSR count). The highest BCUT2D eigenvalue weighted by Gasteiger charge is 2.23. The van der Waals surface area contributed by atoms with Crippen LogP contribution in [0.25, 0.3) is 0 Å². The van der Waals surface area contributed by atoms with Crippen LogP contribution in [0, 0.1) is 11.8 Å². The number of halogens is 1. The molecule has 4 nitrogen and oxygen atoms in total. The second-order valence-corrected chi connectivity index (χ2v) is 7.76. The molecular weight excluding hydrogens is 421 g/mol. The van der Waals surface area contributed by atoms with E-state index in [-0.39, 0.29) is 24.0 Å². The van der Waals surface area contributed by atoms with E-state index in [1.165, 1.54) is 6.42 Å². The van der Waals surface area contributed by atoms with Crippen molar-refractivity contribution < 1.29 is 4.21 Å². The van der Waals surface area contributed by atoms with Gasteiger partial charge in [-0.15, -0.1) is 24.0 Å². The molecule has 1 aliphatic rings. The second-order valence-electron chi connectivity index (χ2n) is 6.19. The van der Waals surface area contributed by atoms with Crippen LogP contribution in [0.3, 0.4) is 0 Å². The molecule has 1 aliphatic heterocycles. The number of likely N-dealkylation sites (tertiary alicyclic amines) is 1. The van der Waals surface area contributed by atoms with Gasteiger partial charge in [-0.25, -0.2) is 0 Å². The summed E-state index contributed by atoms with van der Waals surface area (Å²) in [5.74, 6) is 2.92. The van der Waals surface area contributed by atoms with Gasteiger partial charge in [0.25, 0.3) is 0 Å². The number of rotatable bonds is 4. The number of nitrogens with zero attached hydrogens (tertiary/aromatic N) is 2. The Bertz CT molecular complexity index is 514. The van der Waals surface area contributed by atoms with Gasteiger partial charge in [-0.3, -0.25) is 9.20 Å². The van der Waals surface area contributed by atoms with Crippen LogP contribution in [-0.4, -0.2) is 47.5 Å². The Morgan fingerprint density at radius 1 is 1.26 bits per heavy atom. The molecule has 0 bridgehead atoms. The number of piperidine rings is 1. The van der Waals surface area contributed by atoms with Crippen molar-refractivity contribution in [3.63, 3.8) is 0 Å². The fourth-order valence-corrected chi connectivity index (χ4v) is 4.10. The first-order valence-electron chi connectivity index (χ1n) is 7.99. The monoisotopic (exact) mass is 449 g/mol. The Hall–Kier alpha value is -0.630. The predicted molar refractivity (Wildman–Crippen MR) is 109 cm³/mol. The van der Waals surface area contributed by atoms with Gasteiger partial charge in [0.2, 0.25) is 0 Å². The van der Waals surface area contributed by atoms with Crippen molar-refractivity contribution in [2.24, 2.45) is 16.8 Å². The Balaban J connectivity index is 0.00000264. The first-order chi connectivity index (χ1) is 10.6. The lowest BCUT2D eigenvalue weighted by Crippen LogP contribution is -2.49. The van der Waals surface area contributed by atoms with E-state index in [0.717, 1.165) is 23.9 Å². The number of guanidine groups is 1. The number of aliphatic imine (C=N–C) groups is 1. The molecule has 1 saturated heterocycles. The Morgan fingerprint density at radius 3 is 2.43 bits per heavy atom. The van der Waals surface area contributed by atoms with Gasteiger partial charge in [-0.2, -0.15) is 0 Å². The molecule has 3 unspecified atom stereocenters. The summed E-state index contributed by atoms with van der Waals surface area (Å²) < 4.78 is 12.2. The van der Waals surface area contributed by atoms with E-state index in [1.54, 1.807) is 0 Å². The minimum Gasteiger partial charge on any atom is -0.355 e. The fourth-order valence-electron chi connectivity index (χ4n) is 3.11. The molecule has 0 aliphatic carbocycles. The van der Waals surface area contributed by atoms with E-state index in [1.807, 2.05) is 37.4 Å². The molecule has 0 saturated carbocycles. The summed E-state index contributed by atoms with van der Waals surface area (Å²) in [4.78, 5) is 7.59. The van der Waals surface area contributed by atoms with Gasteiger partial charge in [0.1, 0.15) is 0 Å². The Kier molecular flexibility index (Phi) is 9.12. The van der Waals surface area contributed by atoms with Gasteiger partial charge >= 0.3 is 0 Å². The normalized spacial score (nSPS) is 23.1. The highest BCUT2D eigenvalue weighted by atomic mass is 127. The third-order valence-electron chi connectivity index (χ3n) is 3.96. The van der Waals surface area contributed by atoms with E-state index >= 15 is 0 Å². The molecule has 1 heterocycles. The highest BCUT2D eigenvalue weighted by molar-refractivity contribution is 14.0. The molecular formula is C17H28IN3OS. The maximum absolute atomic E-state index is 12.2. The fraction of sp³-hybridized carbons (Fsp3) is 0.588. The Labute approximate surface area is 159 Å². The van der Waals surface area contributed by atoms with Gasteiger partial charge in [-0.05, 0) is 30.4 Å². The summed E-state index contributed by atoms with van der Waals surface area (Å²) in [6.45, 7) is 7.35. The van der Waals surface area contributed by atoms with E-state index in [2.05, 4.69) is 29.1 Å². The van der Waals surface area contributed by atoms with Crippen molar-refractivity contribution in [1.82, 2.24) is 10.2 Å². The topological polar surface area (TPSA) is 44.7 Å². The van der Waals surface area contributed by atoms with Crippen molar-refractivity contribution >= 4 is 40.7 Å². The number of benzene rings is 1. The van der Waals surface area contributed by atoms with Crippen LogP contribution >= 0.6 is 24.0 Å².